The molecule has 28 heavy (non-hydrogen) atoms. The summed E-state index contributed by atoms with van der Waals surface area (Å²) in [4.78, 5) is 36.1. The number of benzene rings is 2. The molecule has 7 heteroatoms. The highest BCUT2D eigenvalue weighted by Gasteiger charge is 2.22. The van der Waals surface area contributed by atoms with Crippen molar-refractivity contribution in [2.75, 3.05) is 18.4 Å². The van der Waals surface area contributed by atoms with Crippen LogP contribution in [0.1, 0.15) is 40.1 Å². The van der Waals surface area contributed by atoms with Crippen LogP contribution in [0.25, 0.3) is 11.0 Å². The number of carbonyl (C=O) groups is 2. The molecule has 1 aromatic heterocycles. The molecule has 2 heterocycles. The number of carbonyl (C=O) groups excluding carboxylic acids is 2. The van der Waals surface area contributed by atoms with Crippen molar-refractivity contribution in [1.82, 2.24) is 14.9 Å². The van der Waals surface area contributed by atoms with E-state index >= 15 is 0 Å². The van der Waals surface area contributed by atoms with Gasteiger partial charge in [-0.15, -0.1) is 0 Å². The molecule has 142 valence electrons. The maximum Gasteiger partial charge on any atom is 0.275 e. The van der Waals surface area contributed by atoms with Gasteiger partial charge >= 0.3 is 0 Å². The lowest BCUT2D eigenvalue weighted by Crippen LogP contribution is -2.36. The number of likely N-dealkylation sites (tertiary alicyclic amines) is 1. The van der Waals surface area contributed by atoms with Gasteiger partial charge in [0.1, 0.15) is 5.69 Å². The molecular weight excluding hydrogens is 376 g/mol. The Bertz CT molecular complexity index is 1050. The number of nitrogens with one attached hydrogen (secondary N) is 1. The van der Waals surface area contributed by atoms with Gasteiger partial charge in [0.25, 0.3) is 11.8 Å². The summed E-state index contributed by atoms with van der Waals surface area (Å²) in [5.41, 5.74) is 2.32. The van der Waals surface area contributed by atoms with Gasteiger partial charge in [-0.25, -0.2) is 4.98 Å². The fraction of sp³-hybridized carbons (Fsp3) is 0.238. The molecule has 1 N–H and O–H groups in total. The second-order valence-corrected chi connectivity index (χ2v) is 7.18. The molecule has 0 atom stereocenters. The molecule has 1 saturated heterocycles. The van der Waals surface area contributed by atoms with Crippen molar-refractivity contribution in [2.45, 2.75) is 19.3 Å². The second kappa shape index (κ2) is 7.94. The number of para-hydroxylation sites is 2. The van der Waals surface area contributed by atoms with Crippen molar-refractivity contribution in [3.8, 4) is 0 Å². The molecular formula is C21H19ClN4O2. The van der Waals surface area contributed by atoms with E-state index < -0.39 is 5.91 Å². The van der Waals surface area contributed by atoms with Crippen LogP contribution in [-0.2, 0) is 0 Å². The predicted molar refractivity (Wildman–Crippen MR) is 109 cm³/mol. The van der Waals surface area contributed by atoms with E-state index in [-0.39, 0.29) is 11.6 Å². The predicted octanol–water partition coefficient (Wildman–Crippen LogP) is 4.16. The molecule has 2 amide bonds. The monoisotopic (exact) mass is 394 g/mol. The van der Waals surface area contributed by atoms with Gasteiger partial charge < -0.3 is 10.2 Å². The number of anilines is 1. The highest BCUT2D eigenvalue weighted by Crippen LogP contribution is 2.24. The van der Waals surface area contributed by atoms with Gasteiger partial charge in [-0.1, -0.05) is 23.7 Å². The van der Waals surface area contributed by atoms with Gasteiger partial charge in [0.2, 0.25) is 0 Å². The second-order valence-electron chi connectivity index (χ2n) is 6.74. The number of aromatic nitrogens is 2. The van der Waals surface area contributed by atoms with E-state index in [2.05, 4.69) is 15.3 Å². The van der Waals surface area contributed by atoms with Crippen LogP contribution in [0.4, 0.5) is 5.69 Å². The van der Waals surface area contributed by atoms with Crippen LogP contribution in [0.5, 0.6) is 0 Å². The first-order valence-corrected chi connectivity index (χ1v) is 9.61. The standard InChI is InChI=1S/C21H19ClN4O2/c22-14-8-9-15(21(28)26-10-4-1-5-11-26)18(12-14)25-20(27)19-13-23-16-6-2-3-7-17(16)24-19/h2-3,6-9,12-13H,1,4-5,10-11H2,(H,25,27). The third-order valence-electron chi connectivity index (χ3n) is 4.78. The Morgan fingerprint density at radius 2 is 1.75 bits per heavy atom. The number of hydrogen-bond donors (Lipinski definition) is 1. The molecule has 1 aliphatic rings. The molecule has 1 aliphatic heterocycles. The SMILES string of the molecule is O=C(Nc1cc(Cl)ccc1C(=O)N1CCCCC1)c1cnc2ccccc2n1. The number of nitrogens with zero attached hydrogens (tertiary/aromatic N) is 3. The average molecular weight is 395 g/mol. The molecule has 0 bridgehead atoms. The van der Waals surface area contributed by atoms with Gasteiger partial charge in [-0.2, -0.15) is 0 Å². The van der Waals surface area contributed by atoms with E-state index in [0.29, 0.717) is 27.3 Å². The summed E-state index contributed by atoms with van der Waals surface area (Å²) in [6.07, 6.45) is 4.55. The van der Waals surface area contributed by atoms with Crippen LogP contribution in [-0.4, -0.2) is 39.8 Å². The minimum absolute atomic E-state index is 0.101. The number of hydrogen-bond acceptors (Lipinski definition) is 4. The molecule has 6 nitrogen and oxygen atoms in total. The highest BCUT2D eigenvalue weighted by atomic mass is 35.5. The first kappa shape index (κ1) is 18.4. The largest absolute Gasteiger partial charge is 0.339 e. The van der Waals surface area contributed by atoms with E-state index in [4.69, 9.17) is 11.6 Å². The van der Waals surface area contributed by atoms with Crippen molar-refractivity contribution >= 4 is 40.1 Å². The van der Waals surface area contributed by atoms with Crippen LogP contribution in [0.15, 0.2) is 48.7 Å². The Balaban J connectivity index is 1.61. The number of amides is 2. The van der Waals surface area contributed by atoms with Gasteiger partial charge in [0.05, 0.1) is 28.5 Å². The topological polar surface area (TPSA) is 75.2 Å². The molecule has 0 radical (unpaired) electrons. The summed E-state index contributed by atoms with van der Waals surface area (Å²) in [6.45, 7) is 1.45. The molecule has 1 fully saturated rings. The van der Waals surface area contributed by atoms with Crippen LogP contribution < -0.4 is 5.32 Å². The van der Waals surface area contributed by atoms with Crippen molar-refractivity contribution in [3.63, 3.8) is 0 Å². The summed E-state index contributed by atoms with van der Waals surface area (Å²) in [6, 6.07) is 12.2. The maximum absolute atomic E-state index is 12.9. The van der Waals surface area contributed by atoms with Crippen molar-refractivity contribution in [2.24, 2.45) is 0 Å². The van der Waals surface area contributed by atoms with Crippen LogP contribution in [0, 0.1) is 0 Å². The third-order valence-corrected chi connectivity index (χ3v) is 5.02. The molecule has 3 aromatic rings. The zero-order valence-corrected chi connectivity index (χ0v) is 15.9. The molecule has 2 aromatic carbocycles. The van der Waals surface area contributed by atoms with Crippen molar-refractivity contribution in [3.05, 3.63) is 64.9 Å². The zero-order chi connectivity index (χ0) is 19.5. The molecule has 0 aliphatic carbocycles. The lowest BCUT2D eigenvalue weighted by Gasteiger charge is -2.27. The van der Waals surface area contributed by atoms with Gasteiger partial charge in [-0.3, -0.25) is 14.6 Å². The lowest BCUT2D eigenvalue weighted by atomic mass is 10.1. The number of piperidine rings is 1. The fourth-order valence-corrected chi connectivity index (χ4v) is 3.50. The first-order chi connectivity index (χ1) is 13.6. The van der Waals surface area contributed by atoms with E-state index in [0.717, 1.165) is 32.4 Å². The van der Waals surface area contributed by atoms with Crippen molar-refractivity contribution < 1.29 is 9.59 Å². The quantitative estimate of drug-likeness (QED) is 0.723. The molecule has 4 rings (SSSR count). The fourth-order valence-electron chi connectivity index (χ4n) is 3.33. The Hall–Kier alpha value is -2.99. The smallest absolute Gasteiger partial charge is 0.275 e. The molecule has 0 saturated carbocycles. The van der Waals surface area contributed by atoms with Crippen LogP contribution in [0.3, 0.4) is 0 Å². The van der Waals surface area contributed by atoms with E-state index in [1.54, 1.807) is 24.3 Å². The van der Waals surface area contributed by atoms with Crippen LogP contribution >= 0.6 is 11.6 Å². The third kappa shape index (κ3) is 3.82. The summed E-state index contributed by atoms with van der Waals surface area (Å²) in [5, 5.41) is 3.22. The summed E-state index contributed by atoms with van der Waals surface area (Å²) >= 11 is 6.11. The normalized spacial score (nSPS) is 14.1. The molecule has 0 unspecified atom stereocenters. The van der Waals surface area contributed by atoms with E-state index in [1.807, 2.05) is 23.1 Å². The van der Waals surface area contributed by atoms with Gasteiger partial charge in [-0.05, 0) is 49.6 Å². The summed E-state index contributed by atoms with van der Waals surface area (Å²) < 4.78 is 0. The lowest BCUT2D eigenvalue weighted by molar-refractivity contribution is 0.0725. The number of halogens is 1. The number of rotatable bonds is 3. The maximum atomic E-state index is 12.9. The van der Waals surface area contributed by atoms with Crippen LogP contribution in [0.2, 0.25) is 5.02 Å². The van der Waals surface area contributed by atoms with E-state index in [1.165, 1.54) is 6.20 Å². The average Bonchev–Trinajstić information content (AvgIpc) is 2.73. The first-order valence-electron chi connectivity index (χ1n) is 9.24. The number of fused-ring (bicyclic) bond motifs is 1. The summed E-state index contributed by atoms with van der Waals surface area (Å²) in [7, 11) is 0. The minimum atomic E-state index is -0.437. The Labute approximate surface area is 167 Å². The summed E-state index contributed by atoms with van der Waals surface area (Å²) in [5.74, 6) is -0.538. The zero-order valence-electron chi connectivity index (χ0n) is 15.2. The minimum Gasteiger partial charge on any atom is -0.339 e. The van der Waals surface area contributed by atoms with E-state index in [9.17, 15) is 9.59 Å². The Morgan fingerprint density at radius 1 is 1.00 bits per heavy atom. The van der Waals surface area contributed by atoms with Gasteiger partial charge in [0, 0.05) is 18.1 Å². The Kier molecular flexibility index (Phi) is 5.21. The molecule has 0 spiro atoms. The van der Waals surface area contributed by atoms with Gasteiger partial charge in [0.15, 0.2) is 0 Å². The highest BCUT2D eigenvalue weighted by molar-refractivity contribution is 6.31. The Morgan fingerprint density at radius 3 is 2.54 bits per heavy atom. The van der Waals surface area contributed by atoms with Crippen molar-refractivity contribution in [1.29, 1.82) is 0 Å².